The molecule has 2 aromatic heterocycles. The van der Waals surface area contributed by atoms with Gasteiger partial charge >= 0.3 is 6.18 Å². The Morgan fingerprint density at radius 2 is 1.89 bits per heavy atom. The van der Waals surface area contributed by atoms with Crippen molar-refractivity contribution >= 4 is 17.1 Å². The lowest BCUT2D eigenvalue weighted by Gasteiger charge is -2.23. The Balaban J connectivity index is 1.88. The van der Waals surface area contributed by atoms with E-state index in [1.165, 1.54) is 24.5 Å². The van der Waals surface area contributed by atoms with E-state index in [1.54, 1.807) is 31.1 Å². The third-order valence-corrected chi connectivity index (χ3v) is 4.03. The quantitative estimate of drug-likeness (QED) is 0.726. The Bertz CT molecular complexity index is 990. The van der Waals surface area contributed by atoms with Gasteiger partial charge in [0.1, 0.15) is 11.2 Å². The zero-order valence-electron chi connectivity index (χ0n) is 15.2. The molecule has 0 aliphatic rings. The molecule has 0 aliphatic carbocycles. The standard InChI is InChI=1S/C19H18F3N5O/c1-27(2)11-16(12-4-3-5-13(10-12)19(20,21)22)26-18(28)15-7-6-14-17(25-15)24-9-8-23-14/h3-10,16H,11H2,1-2H3,(H,26,28). The predicted molar refractivity (Wildman–Crippen MR) is 97.5 cm³/mol. The second kappa shape index (κ2) is 7.89. The number of aromatic nitrogens is 3. The number of benzene rings is 1. The van der Waals surface area contributed by atoms with Crippen molar-refractivity contribution in [2.24, 2.45) is 0 Å². The number of hydrogen-bond acceptors (Lipinski definition) is 5. The molecule has 0 saturated carbocycles. The lowest BCUT2D eigenvalue weighted by atomic mass is 10.0. The van der Waals surface area contributed by atoms with Gasteiger partial charge in [0.15, 0.2) is 5.65 Å². The van der Waals surface area contributed by atoms with Crippen LogP contribution in [0.3, 0.4) is 0 Å². The van der Waals surface area contributed by atoms with Crippen LogP contribution >= 0.6 is 0 Å². The number of nitrogens with zero attached hydrogens (tertiary/aromatic N) is 4. The lowest BCUT2D eigenvalue weighted by molar-refractivity contribution is -0.137. The maximum absolute atomic E-state index is 13.0. The number of rotatable bonds is 5. The minimum Gasteiger partial charge on any atom is -0.343 e. The van der Waals surface area contributed by atoms with Crippen molar-refractivity contribution in [3.8, 4) is 0 Å². The number of halogens is 3. The fourth-order valence-electron chi connectivity index (χ4n) is 2.74. The van der Waals surface area contributed by atoms with E-state index in [0.717, 1.165) is 12.1 Å². The van der Waals surface area contributed by atoms with Crippen LogP contribution in [0, 0.1) is 0 Å². The Morgan fingerprint density at radius 3 is 2.61 bits per heavy atom. The molecule has 0 aliphatic heterocycles. The highest BCUT2D eigenvalue weighted by Crippen LogP contribution is 2.31. The van der Waals surface area contributed by atoms with Gasteiger partial charge in [-0.3, -0.25) is 9.78 Å². The number of nitrogens with one attached hydrogen (secondary N) is 1. The van der Waals surface area contributed by atoms with Gasteiger partial charge in [-0.2, -0.15) is 13.2 Å². The van der Waals surface area contributed by atoms with E-state index in [2.05, 4.69) is 20.3 Å². The minimum absolute atomic E-state index is 0.115. The number of fused-ring (bicyclic) bond motifs is 1. The molecule has 0 fully saturated rings. The van der Waals surface area contributed by atoms with Gasteiger partial charge in [-0.05, 0) is 43.9 Å². The zero-order chi connectivity index (χ0) is 20.3. The summed E-state index contributed by atoms with van der Waals surface area (Å²) in [5.74, 6) is -0.503. The molecule has 1 N–H and O–H groups in total. The van der Waals surface area contributed by atoms with Crippen molar-refractivity contribution in [3.05, 3.63) is 65.6 Å². The number of alkyl halides is 3. The van der Waals surface area contributed by atoms with E-state index < -0.39 is 23.7 Å². The number of likely N-dealkylation sites (N-methyl/N-ethyl adjacent to an activating group) is 1. The third-order valence-electron chi connectivity index (χ3n) is 4.03. The van der Waals surface area contributed by atoms with Gasteiger partial charge in [0.25, 0.3) is 5.91 Å². The molecule has 9 heteroatoms. The molecular formula is C19H18F3N5O. The molecule has 1 unspecified atom stereocenters. The molecule has 0 saturated heterocycles. The number of carbonyl (C=O) groups excluding carboxylic acids is 1. The van der Waals surface area contributed by atoms with Crippen molar-refractivity contribution in [3.63, 3.8) is 0 Å². The van der Waals surface area contributed by atoms with Crippen LogP contribution in [0.2, 0.25) is 0 Å². The molecule has 2 heterocycles. The van der Waals surface area contributed by atoms with Crippen LogP contribution in [-0.4, -0.2) is 46.4 Å². The first-order valence-corrected chi connectivity index (χ1v) is 8.44. The average Bonchev–Trinajstić information content (AvgIpc) is 2.66. The molecule has 1 aromatic carbocycles. The molecule has 1 atom stereocenters. The van der Waals surface area contributed by atoms with Gasteiger partial charge in [-0.25, -0.2) is 9.97 Å². The Kier molecular flexibility index (Phi) is 5.55. The summed E-state index contributed by atoms with van der Waals surface area (Å²) in [6.07, 6.45) is -1.47. The van der Waals surface area contributed by atoms with E-state index in [4.69, 9.17) is 0 Å². The molecule has 6 nitrogen and oxygen atoms in total. The van der Waals surface area contributed by atoms with Gasteiger partial charge in [0, 0.05) is 18.9 Å². The molecular weight excluding hydrogens is 371 g/mol. The van der Waals surface area contributed by atoms with Crippen LogP contribution < -0.4 is 5.32 Å². The van der Waals surface area contributed by atoms with Crippen molar-refractivity contribution < 1.29 is 18.0 Å². The molecule has 0 spiro atoms. The topological polar surface area (TPSA) is 71.0 Å². The first kappa shape index (κ1) is 19.7. The first-order valence-electron chi connectivity index (χ1n) is 8.44. The molecule has 146 valence electrons. The van der Waals surface area contributed by atoms with Gasteiger partial charge in [0.05, 0.1) is 11.6 Å². The summed E-state index contributed by atoms with van der Waals surface area (Å²) < 4.78 is 39.1. The molecule has 3 rings (SSSR count). The van der Waals surface area contributed by atoms with Gasteiger partial charge in [-0.15, -0.1) is 0 Å². The fraction of sp³-hybridized carbons (Fsp3) is 0.263. The van der Waals surface area contributed by atoms with Crippen LogP contribution in [0.4, 0.5) is 13.2 Å². The predicted octanol–water partition coefficient (Wildman–Crippen LogP) is 3.08. The van der Waals surface area contributed by atoms with Gasteiger partial charge < -0.3 is 10.2 Å². The maximum atomic E-state index is 13.0. The highest BCUT2D eigenvalue weighted by atomic mass is 19.4. The second-order valence-electron chi connectivity index (χ2n) is 6.51. The smallest absolute Gasteiger partial charge is 0.343 e. The van der Waals surface area contributed by atoms with Gasteiger partial charge in [-0.1, -0.05) is 12.1 Å². The zero-order valence-corrected chi connectivity index (χ0v) is 15.2. The van der Waals surface area contributed by atoms with Crippen LogP contribution in [0.25, 0.3) is 11.2 Å². The van der Waals surface area contributed by atoms with Crippen LogP contribution in [-0.2, 0) is 6.18 Å². The Morgan fingerprint density at radius 1 is 1.14 bits per heavy atom. The number of hydrogen-bond donors (Lipinski definition) is 1. The fourth-order valence-corrected chi connectivity index (χ4v) is 2.74. The normalized spacial score (nSPS) is 12.9. The summed E-state index contributed by atoms with van der Waals surface area (Å²) in [6.45, 7) is 0.320. The largest absolute Gasteiger partial charge is 0.416 e. The highest BCUT2D eigenvalue weighted by Gasteiger charge is 2.31. The number of pyridine rings is 1. The summed E-state index contributed by atoms with van der Waals surface area (Å²) in [6, 6.07) is 7.42. The second-order valence-corrected chi connectivity index (χ2v) is 6.51. The Hall–Kier alpha value is -3.07. The summed E-state index contributed by atoms with van der Waals surface area (Å²) in [4.78, 5) is 26.8. The molecule has 3 aromatic rings. The highest BCUT2D eigenvalue weighted by molar-refractivity contribution is 5.94. The van der Waals surface area contributed by atoms with E-state index in [-0.39, 0.29) is 5.69 Å². The number of amides is 1. The Labute approximate surface area is 159 Å². The molecule has 0 radical (unpaired) electrons. The van der Waals surface area contributed by atoms with Crippen LogP contribution in [0.1, 0.15) is 27.7 Å². The lowest BCUT2D eigenvalue weighted by Crippen LogP contribution is -2.35. The average molecular weight is 389 g/mol. The van der Waals surface area contributed by atoms with Crippen molar-refractivity contribution in [2.45, 2.75) is 12.2 Å². The molecule has 1 amide bonds. The van der Waals surface area contributed by atoms with E-state index in [0.29, 0.717) is 23.3 Å². The summed E-state index contributed by atoms with van der Waals surface area (Å²) in [5, 5.41) is 2.77. The van der Waals surface area contributed by atoms with Crippen molar-refractivity contribution in [1.29, 1.82) is 0 Å². The molecule has 0 bridgehead atoms. The number of carbonyl (C=O) groups is 1. The SMILES string of the molecule is CN(C)CC(NC(=O)c1ccc2nccnc2n1)c1cccc(C(F)(F)F)c1. The maximum Gasteiger partial charge on any atom is 0.416 e. The van der Waals surface area contributed by atoms with Crippen LogP contribution in [0.5, 0.6) is 0 Å². The minimum atomic E-state index is -4.46. The van der Waals surface area contributed by atoms with Gasteiger partial charge in [0.2, 0.25) is 0 Å². The summed E-state index contributed by atoms with van der Waals surface area (Å²) in [5.41, 5.74) is 0.573. The summed E-state index contributed by atoms with van der Waals surface area (Å²) >= 11 is 0. The third kappa shape index (κ3) is 4.61. The monoisotopic (exact) mass is 389 g/mol. The first-order chi connectivity index (χ1) is 13.2. The van der Waals surface area contributed by atoms with Crippen LogP contribution in [0.15, 0.2) is 48.8 Å². The molecule has 28 heavy (non-hydrogen) atoms. The van der Waals surface area contributed by atoms with E-state index >= 15 is 0 Å². The van der Waals surface area contributed by atoms with Crippen molar-refractivity contribution in [2.75, 3.05) is 20.6 Å². The van der Waals surface area contributed by atoms with Crippen molar-refractivity contribution in [1.82, 2.24) is 25.2 Å². The summed E-state index contributed by atoms with van der Waals surface area (Å²) in [7, 11) is 3.55. The van der Waals surface area contributed by atoms with E-state index in [1.807, 2.05) is 0 Å². The van der Waals surface area contributed by atoms with E-state index in [9.17, 15) is 18.0 Å².